The fraction of sp³-hybridized carbons (Fsp3) is 0.500. The van der Waals surface area contributed by atoms with Gasteiger partial charge in [0.05, 0.1) is 0 Å². The molecule has 1 aliphatic rings. The Labute approximate surface area is 126 Å². The number of rotatable bonds is 4. The van der Waals surface area contributed by atoms with Crippen molar-refractivity contribution >= 4 is 23.5 Å². The van der Waals surface area contributed by atoms with Crippen molar-refractivity contribution in [3.8, 4) is 5.75 Å². The molecule has 0 saturated carbocycles. The standard InChI is InChI=1S/C14H18F2N2O2S/c1-10-2-3-11(8-12(10)20-9-13(15)16)17-14(19)18-4-6-21-7-5-18/h2-3,8,13H,4-7,9H2,1H3,(H,17,19). The van der Waals surface area contributed by atoms with Crippen LogP contribution in [0, 0.1) is 6.92 Å². The van der Waals surface area contributed by atoms with E-state index in [4.69, 9.17) is 4.74 Å². The van der Waals surface area contributed by atoms with Crippen molar-refractivity contribution in [3.63, 3.8) is 0 Å². The van der Waals surface area contributed by atoms with E-state index in [1.807, 2.05) is 11.8 Å². The van der Waals surface area contributed by atoms with Gasteiger partial charge in [0, 0.05) is 36.3 Å². The van der Waals surface area contributed by atoms with Gasteiger partial charge in [-0.25, -0.2) is 13.6 Å². The lowest BCUT2D eigenvalue weighted by Gasteiger charge is -2.26. The highest BCUT2D eigenvalue weighted by atomic mass is 32.2. The fourth-order valence-electron chi connectivity index (χ4n) is 1.96. The normalized spacial score (nSPS) is 15.1. The number of urea groups is 1. The van der Waals surface area contributed by atoms with Gasteiger partial charge in [0.2, 0.25) is 0 Å². The number of thioether (sulfide) groups is 1. The third-order valence-corrected chi connectivity index (χ3v) is 4.05. The molecule has 4 nitrogen and oxygen atoms in total. The predicted molar refractivity (Wildman–Crippen MR) is 80.6 cm³/mol. The van der Waals surface area contributed by atoms with Crippen molar-refractivity contribution in [3.05, 3.63) is 23.8 Å². The predicted octanol–water partition coefficient (Wildman–Crippen LogP) is 3.22. The van der Waals surface area contributed by atoms with Crippen LogP contribution in [0.3, 0.4) is 0 Å². The number of hydrogen-bond acceptors (Lipinski definition) is 3. The van der Waals surface area contributed by atoms with Gasteiger partial charge in [-0.15, -0.1) is 0 Å². The molecule has 0 unspecified atom stereocenters. The van der Waals surface area contributed by atoms with Crippen LogP contribution in [0.2, 0.25) is 0 Å². The number of carbonyl (C=O) groups is 1. The van der Waals surface area contributed by atoms with E-state index in [2.05, 4.69) is 5.32 Å². The molecule has 0 spiro atoms. The van der Waals surface area contributed by atoms with Crippen molar-refractivity contribution in [2.24, 2.45) is 0 Å². The summed E-state index contributed by atoms with van der Waals surface area (Å²) in [5.74, 6) is 2.23. The molecule has 1 N–H and O–H groups in total. The summed E-state index contributed by atoms with van der Waals surface area (Å²) in [6, 6.07) is 4.89. The summed E-state index contributed by atoms with van der Waals surface area (Å²) >= 11 is 1.82. The van der Waals surface area contributed by atoms with E-state index in [1.54, 1.807) is 30.0 Å². The molecule has 2 amide bonds. The minimum atomic E-state index is -2.52. The Morgan fingerprint density at radius 1 is 1.43 bits per heavy atom. The van der Waals surface area contributed by atoms with Crippen LogP contribution in [-0.2, 0) is 0 Å². The summed E-state index contributed by atoms with van der Waals surface area (Å²) in [7, 11) is 0. The maximum absolute atomic E-state index is 12.2. The second-order valence-corrected chi connectivity index (χ2v) is 5.94. The number of amides is 2. The number of carbonyl (C=O) groups excluding carboxylic acids is 1. The van der Waals surface area contributed by atoms with Crippen LogP contribution in [0.1, 0.15) is 5.56 Å². The van der Waals surface area contributed by atoms with E-state index >= 15 is 0 Å². The number of benzene rings is 1. The lowest BCUT2D eigenvalue weighted by molar-refractivity contribution is 0.0816. The summed E-state index contributed by atoms with van der Waals surface area (Å²) < 4.78 is 29.5. The van der Waals surface area contributed by atoms with Gasteiger partial charge in [-0.3, -0.25) is 0 Å². The van der Waals surface area contributed by atoms with E-state index in [1.165, 1.54) is 0 Å². The van der Waals surface area contributed by atoms with Gasteiger partial charge in [0.1, 0.15) is 12.4 Å². The lowest BCUT2D eigenvalue weighted by atomic mass is 10.2. The molecule has 1 aliphatic heterocycles. The van der Waals surface area contributed by atoms with Crippen molar-refractivity contribution in [2.45, 2.75) is 13.3 Å². The molecule has 0 aliphatic carbocycles. The molecule has 2 rings (SSSR count). The zero-order valence-electron chi connectivity index (χ0n) is 11.8. The zero-order chi connectivity index (χ0) is 15.2. The Bertz CT molecular complexity index is 494. The third kappa shape index (κ3) is 4.77. The van der Waals surface area contributed by atoms with Crippen molar-refractivity contribution in [1.82, 2.24) is 4.90 Å². The average Bonchev–Trinajstić information content (AvgIpc) is 2.48. The largest absolute Gasteiger partial charge is 0.487 e. The molecule has 0 bridgehead atoms. The minimum absolute atomic E-state index is 0.168. The highest BCUT2D eigenvalue weighted by Gasteiger charge is 2.17. The maximum Gasteiger partial charge on any atom is 0.321 e. The molecule has 1 aromatic carbocycles. The first kappa shape index (κ1) is 15.9. The van der Waals surface area contributed by atoms with Crippen molar-refractivity contribution in [1.29, 1.82) is 0 Å². The Morgan fingerprint density at radius 3 is 2.81 bits per heavy atom. The number of nitrogens with zero attached hydrogens (tertiary/aromatic N) is 1. The maximum atomic E-state index is 12.2. The van der Waals surface area contributed by atoms with E-state index in [0.29, 0.717) is 11.4 Å². The molecule has 1 heterocycles. The Hall–Kier alpha value is -1.50. The average molecular weight is 316 g/mol. The molecule has 21 heavy (non-hydrogen) atoms. The first-order chi connectivity index (χ1) is 10.1. The van der Waals surface area contributed by atoms with Crippen LogP contribution in [0.4, 0.5) is 19.3 Å². The second-order valence-electron chi connectivity index (χ2n) is 4.71. The summed E-state index contributed by atoms with van der Waals surface area (Å²) in [4.78, 5) is 13.8. The quantitative estimate of drug-likeness (QED) is 0.927. The highest BCUT2D eigenvalue weighted by Crippen LogP contribution is 2.23. The number of ether oxygens (including phenoxy) is 1. The molecule has 0 radical (unpaired) electrons. The van der Waals surface area contributed by atoms with Gasteiger partial charge in [0.15, 0.2) is 0 Å². The van der Waals surface area contributed by atoms with Gasteiger partial charge in [-0.05, 0) is 18.6 Å². The first-order valence-electron chi connectivity index (χ1n) is 6.71. The molecule has 1 fully saturated rings. The summed E-state index contributed by atoms with van der Waals surface area (Å²) in [6.07, 6.45) is -2.52. The topological polar surface area (TPSA) is 41.6 Å². The lowest BCUT2D eigenvalue weighted by Crippen LogP contribution is -2.40. The van der Waals surface area contributed by atoms with Crippen LogP contribution in [0.25, 0.3) is 0 Å². The van der Waals surface area contributed by atoms with E-state index in [-0.39, 0.29) is 6.03 Å². The summed E-state index contributed by atoms with van der Waals surface area (Å²) in [5.41, 5.74) is 1.30. The van der Waals surface area contributed by atoms with Gasteiger partial charge in [0.25, 0.3) is 6.43 Å². The minimum Gasteiger partial charge on any atom is -0.487 e. The molecule has 1 saturated heterocycles. The Balaban J connectivity index is 1.99. The van der Waals surface area contributed by atoms with Crippen LogP contribution in [0.5, 0.6) is 5.75 Å². The van der Waals surface area contributed by atoms with Crippen molar-refractivity contribution < 1.29 is 18.3 Å². The zero-order valence-corrected chi connectivity index (χ0v) is 12.6. The molecule has 0 atom stereocenters. The fourth-order valence-corrected chi connectivity index (χ4v) is 2.86. The number of alkyl halides is 2. The molecule has 1 aromatic rings. The number of aryl methyl sites for hydroxylation is 1. The number of hydrogen-bond donors (Lipinski definition) is 1. The van der Waals surface area contributed by atoms with Gasteiger partial charge >= 0.3 is 6.03 Å². The van der Waals surface area contributed by atoms with Crippen molar-refractivity contribution in [2.75, 3.05) is 36.5 Å². The second kappa shape index (κ2) is 7.49. The van der Waals surface area contributed by atoms with Crippen LogP contribution < -0.4 is 10.1 Å². The number of nitrogens with one attached hydrogen (secondary N) is 1. The molecular weight excluding hydrogens is 298 g/mol. The van der Waals surface area contributed by atoms with Crippen LogP contribution >= 0.6 is 11.8 Å². The van der Waals surface area contributed by atoms with E-state index in [0.717, 1.165) is 30.2 Å². The molecule has 116 valence electrons. The molecular formula is C14H18F2N2O2S. The highest BCUT2D eigenvalue weighted by molar-refractivity contribution is 7.99. The van der Waals surface area contributed by atoms with Crippen LogP contribution in [-0.4, -0.2) is 48.6 Å². The Kier molecular flexibility index (Phi) is 5.67. The number of anilines is 1. The summed E-state index contributed by atoms with van der Waals surface area (Å²) in [5, 5.41) is 2.78. The van der Waals surface area contributed by atoms with E-state index < -0.39 is 13.0 Å². The monoisotopic (exact) mass is 316 g/mol. The van der Waals surface area contributed by atoms with Crippen LogP contribution in [0.15, 0.2) is 18.2 Å². The van der Waals surface area contributed by atoms with Gasteiger partial charge in [-0.1, -0.05) is 6.07 Å². The molecule has 0 aromatic heterocycles. The third-order valence-electron chi connectivity index (χ3n) is 3.10. The first-order valence-corrected chi connectivity index (χ1v) is 7.87. The van der Waals surface area contributed by atoms with E-state index in [9.17, 15) is 13.6 Å². The van der Waals surface area contributed by atoms with Gasteiger partial charge in [-0.2, -0.15) is 11.8 Å². The Morgan fingerprint density at radius 2 is 2.14 bits per heavy atom. The SMILES string of the molecule is Cc1ccc(NC(=O)N2CCSCC2)cc1OCC(F)F. The number of halogens is 2. The van der Waals surface area contributed by atoms with Gasteiger partial charge < -0.3 is 15.0 Å². The summed E-state index contributed by atoms with van der Waals surface area (Å²) in [6.45, 7) is 2.56. The molecule has 7 heteroatoms. The smallest absolute Gasteiger partial charge is 0.321 e.